The molecule has 0 aromatic heterocycles. The lowest BCUT2D eigenvalue weighted by atomic mass is 10.2. The summed E-state index contributed by atoms with van der Waals surface area (Å²) in [6.45, 7) is 1.71. The van der Waals surface area contributed by atoms with Crippen LogP contribution in [0.15, 0.2) is 18.2 Å². The van der Waals surface area contributed by atoms with Crippen molar-refractivity contribution in [2.75, 3.05) is 25.0 Å². The molecule has 0 radical (unpaired) electrons. The highest BCUT2D eigenvalue weighted by Gasteiger charge is 2.17. The first-order valence-electron chi connectivity index (χ1n) is 6.19. The summed E-state index contributed by atoms with van der Waals surface area (Å²) >= 11 is 0. The van der Waals surface area contributed by atoms with Gasteiger partial charge < -0.3 is 16.0 Å². The lowest BCUT2D eigenvalue weighted by molar-refractivity contribution is -0.128. The normalized spacial score (nSPS) is 14.5. The minimum Gasteiger partial charge on any atom is -0.376 e. The Kier molecular flexibility index (Phi) is 3.99. The van der Waals surface area contributed by atoms with Gasteiger partial charge in [-0.25, -0.2) is 4.39 Å². The number of carbonyl (C=O) groups excluding carboxylic acids is 2. The molecular weight excluding hydrogens is 249 g/mol. The number of primary amides is 1. The fraction of sp³-hybridized carbons (Fsp3) is 0.385. The molecule has 2 rings (SSSR count). The Morgan fingerprint density at radius 3 is 2.63 bits per heavy atom. The number of nitrogens with two attached hydrogens (primary N) is 1. The van der Waals surface area contributed by atoms with Crippen molar-refractivity contribution in [1.29, 1.82) is 0 Å². The van der Waals surface area contributed by atoms with Gasteiger partial charge in [0.1, 0.15) is 5.82 Å². The molecule has 1 aromatic carbocycles. The van der Waals surface area contributed by atoms with E-state index < -0.39 is 11.7 Å². The second-order valence-corrected chi connectivity index (χ2v) is 4.50. The Morgan fingerprint density at radius 1 is 1.32 bits per heavy atom. The van der Waals surface area contributed by atoms with E-state index in [2.05, 4.69) is 5.32 Å². The Bertz CT molecular complexity index is 499. The average Bonchev–Trinajstić information content (AvgIpc) is 2.91. The van der Waals surface area contributed by atoms with E-state index in [0.717, 1.165) is 32.0 Å². The van der Waals surface area contributed by atoms with E-state index in [1.807, 2.05) is 0 Å². The van der Waals surface area contributed by atoms with Crippen molar-refractivity contribution < 1.29 is 14.0 Å². The van der Waals surface area contributed by atoms with Crippen LogP contribution in [0.1, 0.15) is 23.2 Å². The van der Waals surface area contributed by atoms with Gasteiger partial charge >= 0.3 is 0 Å². The van der Waals surface area contributed by atoms with Crippen molar-refractivity contribution in [3.8, 4) is 0 Å². The van der Waals surface area contributed by atoms with E-state index in [0.29, 0.717) is 5.69 Å². The van der Waals surface area contributed by atoms with Crippen LogP contribution in [0.5, 0.6) is 0 Å². The number of carbonyl (C=O) groups is 2. The van der Waals surface area contributed by atoms with Crippen molar-refractivity contribution in [1.82, 2.24) is 4.90 Å². The van der Waals surface area contributed by atoms with Gasteiger partial charge in [-0.05, 0) is 31.0 Å². The summed E-state index contributed by atoms with van der Waals surface area (Å²) < 4.78 is 13.3. The molecule has 1 aliphatic heterocycles. The molecule has 6 heteroatoms. The molecule has 0 saturated carbocycles. The molecule has 0 bridgehead atoms. The Hall–Kier alpha value is -2.11. The van der Waals surface area contributed by atoms with Gasteiger partial charge in [-0.15, -0.1) is 0 Å². The summed E-state index contributed by atoms with van der Waals surface area (Å²) in [5.74, 6) is -1.49. The number of halogens is 1. The van der Waals surface area contributed by atoms with Gasteiger partial charge in [0, 0.05) is 18.8 Å². The van der Waals surface area contributed by atoms with Crippen LogP contribution in [-0.2, 0) is 4.79 Å². The standard InChI is InChI=1S/C13H16FN3O2/c14-11-4-3-9(7-10(11)13(15)19)16-8-12(18)17-5-1-2-6-17/h3-4,7,16H,1-2,5-6,8H2,(H2,15,19). The summed E-state index contributed by atoms with van der Waals surface area (Å²) in [5.41, 5.74) is 5.38. The second-order valence-electron chi connectivity index (χ2n) is 4.50. The molecule has 2 amide bonds. The van der Waals surface area contributed by atoms with Gasteiger partial charge in [0.15, 0.2) is 0 Å². The van der Waals surface area contributed by atoms with Crippen molar-refractivity contribution in [2.24, 2.45) is 5.73 Å². The zero-order valence-corrected chi connectivity index (χ0v) is 10.5. The minimum absolute atomic E-state index is 0.00227. The molecule has 19 heavy (non-hydrogen) atoms. The molecule has 3 N–H and O–H groups in total. The Morgan fingerprint density at radius 2 is 2.00 bits per heavy atom. The van der Waals surface area contributed by atoms with Crippen molar-refractivity contribution >= 4 is 17.5 Å². The summed E-state index contributed by atoms with van der Waals surface area (Å²) in [6, 6.07) is 3.94. The number of benzene rings is 1. The Labute approximate surface area is 110 Å². The highest BCUT2D eigenvalue weighted by Crippen LogP contribution is 2.14. The zero-order valence-electron chi connectivity index (χ0n) is 10.5. The second kappa shape index (κ2) is 5.69. The molecule has 102 valence electrons. The molecule has 1 aromatic rings. The van der Waals surface area contributed by atoms with Crippen molar-refractivity contribution in [2.45, 2.75) is 12.8 Å². The van der Waals surface area contributed by atoms with Gasteiger partial charge in [0.05, 0.1) is 12.1 Å². The smallest absolute Gasteiger partial charge is 0.251 e. The fourth-order valence-electron chi connectivity index (χ4n) is 2.08. The van der Waals surface area contributed by atoms with Crippen molar-refractivity contribution in [3.05, 3.63) is 29.6 Å². The number of anilines is 1. The fourth-order valence-corrected chi connectivity index (χ4v) is 2.08. The predicted molar refractivity (Wildman–Crippen MR) is 69.2 cm³/mol. The molecule has 1 heterocycles. The molecule has 0 unspecified atom stereocenters. The summed E-state index contributed by atoms with van der Waals surface area (Å²) in [6.07, 6.45) is 2.07. The van der Waals surface area contributed by atoms with Crippen LogP contribution < -0.4 is 11.1 Å². The number of rotatable bonds is 4. The van der Waals surface area contributed by atoms with Crippen LogP contribution in [0.2, 0.25) is 0 Å². The maximum absolute atomic E-state index is 13.3. The first-order chi connectivity index (χ1) is 9.08. The van der Waals surface area contributed by atoms with Gasteiger partial charge in [-0.1, -0.05) is 0 Å². The van der Waals surface area contributed by atoms with Gasteiger partial charge in [0.2, 0.25) is 5.91 Å². The van der Waals surface area contributed by atoms with E-state index in [1.165, 1.54) is 12.1 Å². The van der Waals surface area contributed by atoms with Gasteiger partial charge in [0.25, 0.3) is 5.91 Å². The predicted octanol–water partition coefficient (Wildman–Crippen LogP) is 0.959. The summed E-state index contributed by atoms with van der Waals surface area (Å²) in [4.78, 5) is 24.6. The van der Waals surface area contributed by atoms with E-state index in [1.54, 1.807) is 4.90 Å². The minimum atomic E-state index is -0.827. The van der Waals surface area contributed by atoms with Gasteiger partial charge in [-0.2, -0.15) is 0 Å². The monoisotopic (exact) mass is 265 g/mol. The number of nitrogens with one attached hydrogen (secondary N) is 1. The quantitative estimate of drug-likeness (QED) is 0.851. The van der Waals surface area contributed by atoms with E-state index in [4.69, 9.17) is 5.73 Å². The van der Waals surface area contributed by atoms with Crippen molar-refractivity contribution in [3.63, 3.8) is 0 Å². The molecule has 0 spiro atoms. The highest BCUT2D eigenvalue weighted by molar-refractivity contribution is 5.94. The molecule has 1 saturated heterocycles. The molecule has 0 aliphatic carbocycles. The molecule has 1 fully saturated rings. The average molecular weight is 265 g/mol. The molecule has 0 atom stereocenters. The lowest BCUT2D eigenvalue weighted by Crippen LogP contribution is -2.33. The molecular formula is C13H16FN3O2. The third-order valence-corrected chi connectivity index (χ3v) is 3.13. The molecule has 1 aliphatic rings. The number of likely N-dealkylation sites (tertiary alicyclic amines) is 1. The lowest BCUT2D eigenvalue weighted by Gasteiger charge is -2.16. The van der Waals surface area contributed by atoms with Crippen LogP contribution in [0.3, 0.4) is 0 Å². The zero-order chi connectivity index (χ0) is 13.8. The summed E-state index contributed by atoms with van der Waals surface area (Å²) in [7, 11) is 0. The number of nitrogens with zero attached hydrogens (tertiary/aromatic N) is 1. The number of hydrogen-bond donors (Lipinski definition) is 2. The first kappa shape index (κ1) is 13.3. The molecule has 5 nitrogen and oxygen atoms in total. The maximum Gasteiger partial charge on any atom is 0.251 e. The largest absolute Gasteiger partial charge is 0.376 e. The van der Waals surface area contributed by atoms with Crippen LogP contribution >= 0.6 is 0 Å². The third-order valence-electron chi connectivity index (χ3n) is 3.13. The number of hydrogen-bond acceptors (Lipinski definition) is 3. The maximum atomic E-state index is 13.3. The third kappa shape index (κ3) is 3.21. The van der Waals surface area contributed by atoms with Crippen LogP contribution in [0.25, 0.3) is 0 Å². The first-order valence-corrected chi connectivity index (χ1v) is 6.19. The summed E-state index contributed by atoms with van der Waals surface area (Å²) in [5, 5.41) is 2.88. The Balaban J connectivity index is 1.97. The van der Waals surface area contributed by atoms with Crippen LogP contribution in [0.4, 0.5) is 10.1 Å². The van der Waals surface area contributed by atoms with Crippen LogP contribution in [-0.4, -0.2) is 36.3 Å². The van der Waals surface area contributed by atoms with Gasteiger partial charge in [-0.3, -0.25) is 9.59 Å². The van der Waals surface area contributed by atoms with E-state index >= 15 is 0 Å². The van der Waals surface area contributed by atoms with E-state index in [9.17, 15) is 14.0 Å². The topological polar surface area (TPSA) is 75.4 Å². The number of amides is 2. The highest BCUT2D eigenvalue weighted by atomic mass is 19.1. The van der Waals surface area contributed by atoms with E-state index in [-0.39, 0.29) is 18.0 Å². The SMILES string of the molecule is NC(=O)c1cc(NCC(=O)N2CCCC2)ccc1F. The van der Waals surface area contributed by atoms with Crippen LogP contribution in [0, 0.1) is 5.82 Å².